The van der Waals surface area contributed by atoms with E-state index in [9.17, 15) is 4.79 Å². The molecule has 5 rings (SSSR count). The fourth-order valence-corrected chi connectivity index (χ4v) is 5.52. The largest absolute Gasteiger partial charge is 0.379 e. The van der Waals surface area contributed by atoms with Gasteiger partial charge in [-0.3, -0.25) is 14.6 Å². The Balaban J connectivity index is 1.16. The third-order valence-corrected chi connectivity index (χ3v) is 7.43. The van der Waals surface area contributed by atoms with Crippen LogP contribution in [0.5, 0.6) is 0 Å². The van der Waals surface area contributed by atoms with Crippen molar-refractivity contribution in [3.05, 3.63) is 70.4 Å². The van der Waals surface area contributed by atoms with E-state index in [0.717, 1.165) is 63.5 Å². The minimum atomic E-state index is -0.206. The van der Waals surface area contributed by atoms with Crippen LogP contribution >= 0.6 is 11.3 Å². The first kappa shape index (κ1) is 25.3. The third kappa shape index (κ3) is 6.70. The summed E-state index contributed by atoms with van der Waals surface area (Å²) < 4.78 is 5.43. The SMILES string of the molecule is N#CCN1CCCC1c1cccc(Nc2nc(C(=O)NCc3cccc(CN4CCOCC4)c3)cs2)n1. The Bertz CT molecular complexity index is 1250. The van der Waals surface area contributed by atoms with Crippen LogP contribution in [-0.2, 0) is 17.8 Å². The molecule has 0 spiro atoms. The number of ether oxygens (including phenoxy) is 1. The molecule has 0 saturated carbocycles. The lowest BCUT2D eigenvalue weighted by Gasteiger charge is -2.26. The molecule has 2 saturated heterocycles. The van der Waals surface area contributed by atoms with E-state index < -0.39 is 0 Å². The number of carbonyl (C=O) groups excluding carboxylic acids is 1. The minimum absolute atomic E-state index is 0.159. The maximum absolute atomic E-state index is 12.7. The zero-order valence-corrected chi connectivity index (χ0v) is 21.5. The van der Waals surface area contributed by atoms with Crippen molar-refractivity contribution >= 4 is 28.2 Å². The molecule has 0 radical (unpaired) electrons. The molecule has 1 unspecified atom stereocenters. The van der Waals surface area contributed by atoms with E-state index in [-0.39, 0.29) is 11.9 Å². The highest BCUT2D eigenvalue weighted by molar-refractivity contribution is 7.14. The van der Waals surface area contributed by atoms with Crippen molar-refractivity contribution in [2.45, 2.75) is 32.0 Å². The number of hydrogen-bond acceptors (Lipinski definition) is 9. The monoisotopic (exact) mass is 517 g/mol. The molecule has 4 heterocycles. The van der Waals surface area contributed by atoms with E-state index in [2.05, 4.69) is 43.6 Å². The summed E-state index contributed by atoms with van der Waals surface area (Å²) in [6.45, 7) is 6.11. The number of hydrogen-bond donors (Lipinski definition) is 2. The second-order valence-electron chi connectivity index (χ2n) is 9.29. The molecule has 2 aliphatic rings. The number of rotatable bonds is 9. The minimum Gasteiger partial charge on any atom is -0.379 e. The Morgan fingerprint density at radius 2 is 1.97 bits per heavy atom. The van der Waals surface area contributed by atoms with Crippen LogP contribution in [0.15, 0.2) is 47.8 Å². The molecule has 192 valence electrons. The van der Waals surface area contributed by atoms with Crippen LogP contribution in [-0.4, -0.2) is 65.1 Å². The number of amides is 1. The van der Waals surface area contributed by atoms with Gasteiger partial charge in [-0.25, -0.2) is 9.97 Å². The predicted octanol–water partition coefficient (Wildman–Crippen LogP) is 3.70. The number of likely N-dealkylation sites (tertiary alicyclic amines) is 1. The highest BCUT2D eigenvalue weighted by atomic mass is 32.1. The Kier molecular flexibility index (Phi) is 8.38. The summed E-state index contributed by atoms with van der Waals surface area (Å²) >= 11 is 1.37. The van der Waals surface area contributed by atoms with Gasteiger partial charge in [-0.05, 0) is 42.6 Å². The number of morpholine rings is 1. The molecule has 2 N–H and O–H groups in total. The molecule has 1 aromatic carbocycles. The van der Waals surface area contributed by atoms with Crippen molar-refractivity contribution in [2.24, 2.45) is 0 Å². The van der Waals surface area contributed by atoms with Crippen molar-refractivity contribution in [3.63, 3.8) is 0 Å². The maximum atomic E-state index is 12.7. The number of nitrogens with one attached hydrogen (secondary N) is 2. The predicted molar refractivity (Wildman–Crippen MR) is 143 cm³/mol. The zero-order valence-electron chi connectivity index (χ0n) is 20.7. The van der Waals surface area contributed by atoms with Crippen LogP contribution in [0.1, 0.15) is 46.2 Å². The number of nitrogens with zero attached hydrogens (tertiary/aromatic N) is 5. The van der Waals surface area contributed by atoms with Crippen LogP contribution in [0.2, 0.25) is 0 Å². The number of carbonyl (C=O) groups is 1. The lowest BCUT2D eigenvalue weighted by Crippen LogP contribution is -2.35. The Hall–Kier alpha value is -3.36. The van der Waals surface area contributed by atoms with Crippen molar-refractivity contribution in [1.29, 1.82) is 5.26 Å². The highest BCUT2D eigenvalue weighted by Crippen LogP contribution is 2.31. The topological polar surface area (TPSA) is 106 Å². The summed E-state index contributed by atoms with van der Waals surface area (Å²) in [6, 6.07) is 16.6. The highest BCUT2D eigenvalue weighted by Gasteiger charge is 2.26. The van der Waals surface area contributed by atoms with Crippen LogP contribution in [0, 0.1) is 11.3 Å². The maximum Gasteiger partial charge on any atom is 0.271 e. The van der Waals surface area contributed by atoms with Crippen LogP contribution in [0.25, 0.3) is 0 Å². The summed E-state index contributed by atoms with van der Waals surface area (Å²) in [5, 5.41) is 17.7. The van der Waals surface area contributed by atoms with Crippen LogP contribution < -0.4 is 10.6 Å². The molecule has 10 heteroatoms. The molecule has 9 nitrogen and oxygen atoms in total. The number of benzene rings is 1. The number of thiazole rings is 1. The van der Waals surface area contributed by atoms with E-state index in [1.807, 2.05) is 30.3 Å². The van der Waals surface area contributed by atoms with Gasteiger partial charge in [0.15, 0.2) is 5.13 Å². The molecule has 2 fully saturated rings. The quantitative estimate of drug-likeness (QED) is 0.414. The first-order valence-electron chi connectivity index (χ1n) is 12.6. The molecule has 2 aliphatic heterocycles. The van der Waals surface area contributed by atoms with E-state index in [0.29, 0.717) is 29.7 Å². The zero-order chi connectivity index (χ0) is 25.5. The fourth-order valence-electron chi connectivity index (χ4n) is 4.82. The van der Waals surface area contributed by atoms with Gasteiger partial charge in [0.25, 0.3) is 5.91 Å². The number of aromatic nitrogens is 2. The van der Waals surface area contributed by atoms with Gasteiger partial charge in [0.05, 0.1) is 37.6 Å². The standard InChI is InChI=1S/C27H31N7O2S/c28-9-11-34-10-3-7-24(34)22-6-2-8-25(30-22)32-27-31-23(19-37-27)26(35)29-17-20-4-1-5-21(16-20)18-33-12-14-36-15-13-33/h1-2,4-6,8,16,19,24H,3,7,10-15,17-18H2,(H,29,35)(H,30,31,32). The number of pyridine rings is 1. The summed E-state index contributed by atoms with van der Waals surface area (Å²) in [7, 11) is 0. The summed E-state index contributed by atoms with van der Waals surface area (Å²) in [6.07, 6.45) is 2.06. The van der Waals surface area contributed by atoms with Gasteiger partial charge in [0, 0.05) is 31.6 Å². The summed E-state index contributed by atoms with van der Waals surface area (Å²) in [5.41, 5.74) is 3.62. The number of nitriles is 1. The van der Waals surface area contributed by atoms with Crippen molar-refractivity contribution < 1.29 is 9.53 Å². The van der Waals surface area contributed by atoms with Gasteiger partial charge in [-0.1, -0.05) is 30.3 Å². The molecule has 0 aliphatic carbocycles. The smallest absolute Gasteiger partial charge is 0.271 e. The molecular formula is C27H31N7O2S. The van der Waals surface area contributed by atoms with Crippen molar-refractivity contribution in [1.82, 2.24) is 25.1 Å². The van der Waals surface area contributed by atoms with Crippen molar-refractivity contribution in [2.75, 3.05) is 44.7 Å². The average Bonchev–Trinajstić information content (AvgIpc) is 3.58. The molecule has 1 atom stereocenters. The van der Waals surface area contributed by atoms with E-state index in [1.54, 1.807) is 5.38 Å². The first-order valence-corrected chi connectivity index (χ1v) is 13.5. The molecule has 1 amide bonds. The van der Waals surface area contributed by atoms with Crippen molar-refractivity contribution in [3.8, 4) is 6.07 Å². The fraction of sp³-hybridized carbons (Fsp3) is 0.407. The first-order chi connectivity index (χ1) is 18.2. The van der Waals surface area contributed by atoms with Gasteiger partial charge in [-0.2, -0.15) is 5.26 Å². The Morgan fingerprint density at radius 1 is 1.14 bits per heavy atom. The van der Waals surface area contributed by atoms with Gasteiger partial charge < -0.3 is 15.4 Å². The Morgan fingerprint density at radius 3 is 2.84 bits per heavy atom. The second-order valence-corrected chi connectivity index (χ2v) is 10.1. The Labute approximate surface area is 221 Å². The molecule has 0 bridgehead atoms. The second kappa shape index (κ2) is 12.3. The van der Waals surface area contributed by atoms with Gasteiger partial charge in [-0.15, -0.1) is 11.3 Å². The normalized spacial score (nSPS) is 18.4. The average molecular weight is 518 g/mol. The number of anilines is 2. The lowest BCUT2D eigenvalue weighted by molar-refractivity contribution is 0.0342. The summed E-state index contributed by atoms with van der Waals surface area (Å²) in [4.78, 5) is 26.5. The molecular weight excluding hydrogens is 486 g/mol. The van der Waals surface area contributed by atoms with E-state index in [4.69, 9.17) is 15.0 Å². The van der Waals surface area contributed by atoms with E-state index in [1.165, 1.54) is 16.9 Å². The lowest BCUT2D eigenvalue weighted by atomic mass is 10.1. The van der Waals surface area contributed by atoms with Gasteiger partial charge >= 0.3 is 0 Å². The van der Waals surface area contributed by atoms with Crippen LogP contribution in [0.4, 0.5) is 10.9 Å². The third-order valence-electron chi connectivity index (χ3n) is 6.68. The summed E-state index contributed by atoms with van der Waals surface area (Å²) in [5.74, 6) is 0.474. The molecule has 2 aromatic heterocycles. The molecule has 3 aromatic rings. The van der Waals surface area contributed by atoms with Gasteiger partial charge in [0.1, 0.15) is 11.5 Å². The van der Waals surface area contributed by atoms with E-state index >= 15 is 0 Å². The molecule has 37 heavy (non-hydrogen) atoms. The van der Waals surface area contributed by atoms with Crippen LogP contribution in [0.3, 0.4) is 0 Å². The van der Waals surface area contributed by atoms with Gasteiger partial charge in [0.2, 0.25) is 0 Å².